The van der Waals surface area contributed by atoms with Crippen LogP contribution in [-0.2, 0) is 11.8 Å². The maximum absolute atomic E-state index is 11.7. The third kappa shape index (κ3) is 2.30. The molecule has 2 rings (SSSR count). The SMILES string of the molecule is Cc1nn(C)c(C2CNC2)c1NC(=O)C(C)Cl. The van der Waals surface area contributed by atoms with Gasteiger partial charge in [0.15, 0.2) is 0 Å². The quantitative estimate of drug-likeness (QED) is 0.793. The number of amides is 1. The standard InChI is InChI=1S/C11H17ClN4O/c1-6(12)11(17)14-9-7(2)15-16(3)10(9)8-4-13-5-8/h6,8,13H,4-5H2,1-3H3,(H,14,17). The van der Waals surface area contributed by atoms with Crippen LogP contribution >= 0.6 is 11.6 Å². The monoisotopic (exact) mass is 256 g/mol. The van der Waals surface area contributed by atoms with E-state index in [1.165, 1.54) is 0 Å². The molecule has 5 nitrogen and oxygen atoms in total. The molecule has 17 heavy (non-hydrogen) atoms. The van der Waals surface area contributed by atoms with Crippen molar-refractivity contribution in [2.45, 2.75) is 25.1 Å². The maximum Gasteiger partial charge on any atom is 0.242 e. The normalized spacial score (nSPS) is 17.6. The Bertz CT molecular complexity index is 437. The molecule has 6 heteroatoms. The Morgan fingerprint density at radius 1 is 1.65 bits per heavy atom. The van der Waals surface area contributed by atoms with Gasteiger partial charge in [-0.25, -0.2) is 0 Å². The summed E-state index contributed by atoms with van der Waals surface area (Å²) in [5.74, 6) is 0.235. The molecule has 1 aromatic heterocycles. The van der Waals surface area contributed by atoms with Crippen molar-refractivity contribution in [1.29, 1.82) is 0 Å². The van der Waals surface area contributed by atoms with E-state index in [1.807, 2.05) is 18.7 Å². The Kier molecular flexibility index (Phi) is 3.40. The molecule has 1 amide bonds. The Morgan fingerprint density at radius 2 is 2.29 bits per heavy atom. The van der Waals surface area contributed by atoms with Gasteiger partial charge in [0.1, 0.15) is 5.38 Å². The summed E-state index contributed by atoms with van der Waals surface area (Å²) < 4.78 is 1.84. The first kappa shape index (κ1) is 12.4. The van der Waals surface area contributed by atoms with Gasteiger partial charge in [-0.15, -0.1) is 11.6 Å². The molecule has 0 radical (unpaired) electrons. The van der Waals surface area contributed by atoms with E-state index in [-0.39, 0.29) is 5.91 Å². The summed E-state index contributed by atoms with van der Waals surface area (Å²) in [4.78, 5) is 11.7. The average Bonchev–Trinajstić information content (AvgIpc) is 2.42. The number of aromatic nitrogens is 2. The lowest BCUT2D eigenvalue weighted by atomic mass is 9.97. The highest BCUT2D eigenvalue weighted by atomic mass is 35.5. The van der Waals surface area contributed by atoms with Gasteiger partial charge in [-0.3, -0.25) is 9.48 Å². The van der Waals surface area contributed by atoms with Crippen LogP contribution in [0.1, 0.15) is 24.2 Å². The van der Waals surface area contributed by atoms with Crippen LogP contribution in [0.2, 0.25) is 0 Å². The fourth-order valence-corrected chi connectivity index (χ4v) is 2.06. The van der Waals surface area contributed by atoms with Crippen LogP contribution < -0.4 is 10.6 Å². The molecular formula is C11H17ClN4O. The van der Waals surface area contributed by atoms with E-state index in [4.69, 9.17) is 11.6 Å². The maximum atomic E-state index is 11.7. The molecule has 1 atom stereocenters. The first-order chi connectivity index (χ1) is 8.00. The number of hydrogen-bond acceptors (Lipinski definition) is 3. The molecular weight excluding hydrogens is 240 g/mol. The lowest BCUT2D eigenvalue weighted by molar-refractivity contribution is -0.115. The second-order valence-electron chi connectivity index (χ2n) is 4.43. The molecule has 0 spiro atoms. The number of halogens is 1. The van der Waals surface area contributed by atoms with E-state index in [9.17, 15) is 4.79 Å². The van der Waals surface area contributed by atoms with Crippen molar-refractivity contribution >= 4 is 23.2 Å². The number of nitrogens with zero attached hydrogens (tertiary/aromatic N) is 2. The Morgan fingerprint density at radius 3 is 2.76 bits per heavy atom. The lowest BCUT2D eigenvalue weighted by Gasteiger charge is -2.28. The van der Waals surface area contributed by atoms with Crippen molar-refractivity contribution in [2.75, 3.05) is 18.4 Å². The minimum absolute atomic E-state index is 0.184. The van der Waals surface area contributed by atoms with Crippen molar-refractivity contribution in [3.63, 3.8) is 0 Å². The topological polar surface area (TPSA) is 59.0 Å². The number of carbonyl (C=O) groups is 1. The highest BCUT2D eigenvalue weighted by Crippen LogP contribution is 2.29. The summed E-state index contributed by atoms with van der Waals surface area (Å²) >= 11 is 5.77. The third-order valence-electron chi connectivity index (χ3n) is 3.04. The van der Waals surface area contributed by atoms with E-state index in [0.29, 0.717) is 5.92 Å². The largest absolute Gasteiger partial charge is 0.322 e. The predicted octanol–water partition coefficient (Wildman–Crippen LogP) is 0.981. The zero-order chi connectivity index (χ0) is 12.6. The smallest absolute Gasteiger partial charge is 0.242 e. The van der Waals surface area contributed by atoms with Gasteiger partial charge in [0.05, 0.1) is 17.1 Å². The van der Waals surface area contributed by atoms with E-state index in [2.05, 4.69) is 15.7 Å². The first-order valence-electron chi connectivity index (χ1n) is 5.70. The van der Waals surface area contributed by atoms with Gasteiger partial charge in [-0.1, -0.05) is 0 Å². The minimum Gasteiger partial charge on any atom is -0.322 e. The number of alkyl halides is 1. The molecule has 1 aliphatic heterocycles. The molecule has 0 saturated carbocycles. The lowest BCUT2D eigenvalue weighted by Crippen LogP contribution is -2.41. The Balaban J connectivity index is 2.28. The van der Waals surface area contributed by atoms with E-state index >= 15 is 0 Å². The van der Waals surface area contributed by atoms with Gasteiger partial charge >= 0.3 is 0 Å². The van der Waals surface area contributed by atoms with Crippen LogP contribution in [-0.4, -0.2) is 34.2 Å². The van der Waals surface area contributed by atoms with E-state index in [1.54, 1.807) is 6.92 Å². The molecule has 0 bridgehead atoms. The van der Waals surface area contributed by atoms with E-state index in [0.717, 1.165) is 30.2 Å². The zero-order valence-corrected chi connectivity index (χ0v) is 11.0. The average molecular weight is 257 g/mol. The zero-order valence-electron chi connectivity index (χ0n) is 10.2. The molecule has 1 fully saturated rings. The number of rotatable bonds is 3. The van der Waals surface area contributed by atoms with Crippen LogP contribution in [0.4, 0.5) is 5.69 Å². The van der Waals surface area contributed by atoms with Crippen molar-refractivity contribution in [1.82, 2.24) is 15.1 Å². The number of hydrogen-bond donors (Lipinski definition) is 2. The molecule has 1 aliphatic rings. The summed E-state index contributed by atoms with van der Waals surface area (Å²) in [7, 11) is 1.90. The molecule has 0 aliphatic carbocycles. The molecule has 0 aromatic carbocycles. The third-order valence-corrected chi connectivity index (χ3v) is 3.24. The summed E-state index contributed by atoms with van der Waals surface area (Å²) in [5.41, 5.74) is 2.73. The van der Waals surface area contributed by atoms with Crippen LogP contribution in [0.3, 0.4) is 0 Å². The molecule has 1 aromatic rings. The fourth-order valence-electron chi connectivity index (χ4n) is 2.00. The van der Waals surface area contributed by atoms with Crippen molar-refractivity contribution in [2.24, 2.45) is 7.05 Å². The molecule has 2 heterocycles. The van der Waals surface area contributed by atoms with Crippen molar-refractivity contribution in [3.8, 4) is 0 Å². The van der Waals surface area contributed by atoms with Gasteiger partial charge in [-0.05, 0) is 13.8 Å². The van der Waals surface area contributed by atoms with Crippen molar-refractivity contribution in [3.05, 3.63) is 11.4 Å². The number of anilines is 1. The summed E-state index contributed by atoms with van der Waals surface area (Å²) in [6, 6.07) is 0. The van der Waals surface area contributed by atoms with Gasteiger partial charge < -0.3 is 10.6 Å². The highest BCUT2D eigenvalue weighted by Gasteiger charge is 2.28. The first-order valence-corrected chi connectivity index (χ1v) is 6.13. The highest BCUT2D eigenvalue weighted by molar-refractivity contribution is 6.32. The molecule has 1 saturated heterocycles. The van der Waals surface area contributed by atoms with Crippen LogP contribution in [0.5, 0.6) is 0 Å². The van der Waals surface area contributed by atoms with Crippen LogP contribution in [0.15, 0.2) is 0 Å². The summed E-state index contributed by atoms with van der Waals surface area (Å²) in [6.07, 6.45) is 0. The van der Waals surface area contributed by atoms with Gasteiger partial charge in [-0.2, -0.15) is 5.10 Å². The molecule has 2 N–H and O–H groups in total. The predicted molar refractivity (Wildman–Crippen MR) is 67.5 cm³/mol. The second kappa shape index (κ2) is 4.66. The van der Waals surface area contributed by atoms with Crippen LogP contribution in [0, 0.1) is 6.92 Å². The molecule has 1 unspecified atom stereocenters. The van der Waals surface area contributed by atoms with Gasteiger partial charge in [0.25, 0.3) is 0 Å². The Labute approximate surface area is 106 Å². The second-order valence-corrected chi connectivity index (χ2v) is 5.08. The van der Waals surface area contributed by atoms with E-state index < -0.39 is 5.38 Å². The minimum atomic E-state index is -0.540. The molecule has 94 valence electrons. The van der Waals surface area contributed by atoms with Crippen LogP contribution in [0.25, 0.3) is 0 Å². The summed E-state index contributed by atoms with van der Waals surface area (Å²) in [6.45, 7) is 5.41. The number of nitrogens with one attached hydrogen (secondary N) is 2. The summed E-state index contributed by atoms with van der Waals surface area (Å²) in [5, 5.41) is 9.90. The number of aryl methyl sites for hydroxylation is 2. The number of carbonyl (C=O) groups excluding carboxylic acids is 1. The Hall–Kier alpha value is -1.07. The fraction of sp³-hybridized carbons (Fsp3) is 0.636. The van der Waals surface area contributed by atoms with Crippen molar-refractivity contribution < 1.29 is 4.79 Å². The van der Waals surface area contributed by atoms with Gasteiger partial charge in [0, 0.05) is 26.1 Å². The van der Waals surface area contributed by atoms with Gasteiger partial charge in [0.2, 0.25) is 5.91 Å².